The standard InChI is InChI=1S/C12H14N2O2S/c1-12(2,11(15)16)13-7-10-14-8-5-3-4-6-9(8)17-10/h3-6,13H,7H2,1-2H3,(H,15,16). The van der Waals surface area contributed by atoms with Gasteiger partial charge in [0, 0.05) is 6.54 Å². The summed E-state index contributed by atoms with van der Waals surface area (Å²) in [5.41, 5.74) is 0.0279. The minimum atomic E-state index is -0.933. The predicted molar refractivity (Wildman–Crippen MR) is 68.2 cm³/mol. The molecule has 0 aliphatic heterocycles. The number of rotatable bonds is 4. The van der Waals surface area contributed by atoms with Crippen molar-refractivity contribution in [3.05, 3.63) is 29.3 Å². The zero-order valence-electron chi connectivity index (χ0n) is 9.73. The van der Waals surface area contributed by atoms with E-state index in [2.05, 4.69) is 10.3 Å². The third-order valence-corrected chi connectivity index (χ3v) is 3.59. The molecule has 1 heterocycles. The second kappa shape index (κ2) is 4.43. The molecule has 1 aromatic heterocycles. The SMILES string of the molecule is CC(C)(NCc1nc2ccccc2s1)C(=O)O. The number of carboxylic acids is 1. The number of benzene rings is 1. The normalized spacial score (nSPS) is 11.9. The molecule has 0 bridgehead atoms. The molecule has 0 aliphatic rings. The van der Waals surface area contributed by atoms with E-state index in [1.54, 1.807) is 25.2 Å². The fourth-order valence-corrected chi connectivity index (χ4v) is 2.27. The lowest BCUT2D eigenvalue weighted by Gasteiger charge is -2.19. The molecule has 0 radical (unpaired) electrons. The molecule has 17 heavy (non-hydrogen) atoms. The topological polar surface area (TPSA) is 62.2 Å². The van der Waals surface area contributed by atoms with Gasteiger partial charge in [0.1, 0.15) is 10.5 Å². The Morgan fingerprint density at radius 2 is 2.18 bits per heavy atom. The molecule has 0 saturated carbocycles. The highest BCUT2D eigenvalue weighted by molar-refractivity contribution is 7.18. The van der Waals surface area contributed by atoms with E-state index in [0.717, 1.165) is 15.2 Å². The van der Waals surface area contributed by atoms with Crippen molar-refractivity contribution < 1.29 is 9.90 Å². The van der Waals surface area contributed by atoms with E-state index in [1.807, 2.05) is 24.3 Å². The van der Waals surface area contributed by atoms with Crippen molar-refractivity contribution in [2.45, 2.75) is 25.9 Å². The van der Waals surface area contributed by atoms with Crippen molar-refractivity contribution in [3.8, 4) is 0 Å². The Morgan fingerprint density at radius 1 is 1.47 bits per heavy atom. The van der Waals surface area contributed by atoms with Crippen molar-refractivity contribution in [1.29, 1.82) is 0 Å². The molecule has 0 amide bonds. The molecule has 2 N–H and O–H groups in total. The first kappa shape index (κ1) is 12.0. The number of nitrogens with zero attached hydrogens (tertiary/aromatic N) is 1. The van der Waals surface area contributed by atoms with E-state index in [1.165, 1.54) is 0 Å². The molecule has 2 aromatic rings. The van der Waals surface area contributed by atoms with Gasteiger partial charge in [0.15, 0.2) is 0 Å². The van der Waals surface area contributed by atoms with Gasteiger partial charge in [0.05, 0.1) is 10.2 Å². The van der Waals surface area contributed by atoms with E-state index in [9.17, 15) is 4.79 Å². The lowest BCUT2D eigenvalue weighted by Crippen LogP contribution is -2.46. The molecule has 1 aromatic carbocycles. The van der Waals surface area contributed by atoms with Crippen LogP contribution in [0.1, 0.15) is 18.9 Å². The Bertz CT molecular complexity index is 515. The van der Waals surface area contributed by atoms with E-state index < -0.39 is 11.5 Å². The highest BCUT2D eigenvalue weighted by Crippen LogP contribution is 2.21. The zero-order valence-corrected chi connectivity index (χ0v) is 10.5. The summed E-state index contributed by atoms with van der Waals surface area (Å²) < 4.78 is 1.12. The molecular weight excluding hydrogens is 236 g/mol. The molecule has 0 fully saturated rings. The summed E-state index contributed by atoms with van der Waals surface area (Å²) in [7, 11) is 0. The van der Waals surface area contributed by atoms with Crippen molar-refractivity contribution in [1.82, 2.24) is 10.3 Å². The number of carbonyl (C=O) groups is 1. The Morgan fingerprint density at radius 3 is 2.82 bits per heavy atom. The summed E-state index contributed by atoms with van der Waals surface area (Å²) in [5.74, 6) is -0.862. The Balaban J connectivity index is 2.12. The van der Waals surface area contributed by atoms with Crippen molar-refractivity contribution >= 4 is 27.5 Å². The maximum atomic E-state index is 10.9. The van der Waals surface area contributed by atoms with E-state index in [0.29, 0.717) is 6.54 Å². The van der Waals surface area contributed by atoms with Gasteiger partial charge in [0.25, 0.3) is 0 Å². The van der Waals surface area contributed by atoms with Crippen LogP contribution >= 0.6 is 11.3 Å². The Hall–Kier alpha value is -1.46. The summed E-state index contributed by atoms with van der Waals surface area (Å²) >= 11 is 1.58. The molecule has 0 saturated heterocycles. The first-order valence-corrected chi connectivity index (χ1v) is 6.13. The quantitative estimate of drug-likeness (QED) is 0.873. The molecule has 5 heteroatoms. The van der Waals surface area contributed by atoms with Crippen molar-refractivity contribution in [2.75, 3.05) is 0 Å². The second-order valence-corrected chi connectivity index (χ2v) is 5.47. The van der Waals surface area contributed by atoms with Gasteiger partial charge in [-0.25, -0.2) is 4.98 Å². The van der Waals surface area contributed by atoms with Crippen LogP contribution in [0.25, 0.3) is 10.2 Å². The van der Waals surface area contributed by atoms with Crippen LogP contribution < -0.4 is 5.32 Å². The maximum absolute atomic E-state index is 10.9. The lowest BCUT2D eigenvalue weighted by atomic mass is 10.1. The number of hydrogen-bond donors (Lipinski definition) is 2. The number of aliphatic carboxylic acids is 1. The number of aromatic nitrogens is 1. The zero-order chi connectivity index (χ0) is 12.5. The highest BCUT2D eigenvalue weighted by Gasteiger charge is 2.26. The third kappa shape index (κ3) is 2.62. The van der Waals surface area contributed by atoms with E-state index in [4.69, 9.17) is 5.11 Å². The summed E-state index contributed by atoms with van der Waals surface area (Å²) in [5, 5.41) is 12.9. The summed E-state index contributed by atoms with van der Waals surface area (Å²) in [4.78, 5) is 15.4. The molecule has 4 nitrogen and oxygen atoms in total. The predicted octanol–water partition coefficient (Wildman–Crippen LogP) is 2.25. The summed E-state index contributed by atoms with van der Waals surface area (Å²) in [6, 6.07) is 7.88. The van der Waals surface area contributed by atoms with Gasteiger partial charge in [-0.05, 0) is 26.0 Å². The highest BCUT2D eigenvalue weighted by atomic mass is 32.1. The number of thiazole rings is 1. The first-order valence-electron chi connectivity index (χ1n) is 5.32. The second-order valence-electron chi connectivity index (χ2n) is 4.36. The molecule has 2 rings (SSSR count). The van der Waals surface area contributed by atoms with Gasteiger partial charge in [-0.15, -0.1) is 11.3 Å². The fraction of sp³-hybridized carbons (Fsp3) is 0.333. The largest absolute Gasteiger partial charge is 0.480 e. The van der Waals surface area contributed by atoms with Gasteiger partial charge < -0.3 is 5.11 Å². The van der Waals surface area contributed by atoms with Crippen LogP contribution in [-0.2, 0) is 11.3 Å². The average molecular weight is 250 g/mol. The molecular formula is C12H14N2O2S. The molecule has 0 unspecified atom stereocenters. The van der Waals surface area contributed by atoms with Gasteiger partial charge in [-0.1, -0.05) is 12.1 Å². The van der Waals surface area contributed by atoms with Gasteiger partial charge in [-0.3, -0.25) is 10.1 Å². The lowest BCUT2D eigenvalue weighted by molar-refractivity contribution is -0.143. The maximum Gasteiger partial charge on any atom is 0.323 e. The van der Waals surface area contributed by atoms with E-state index in [-0.39, 0.29) is 0 Å². The summed E-state index contributed by atoms with van der Waals surface area (Å²) in [6.07, 6.45) is 0. The third-order valence-electron chi connectivity index (χ3n) is 2.55. The number of para-hydroxylation sites is 1. The van der Waals surface area contributed by atoms with Crippen LogP contribution in [0.2, 0.25) is 0 Å². The smallest absolute Gasteiger partial charge is 0.323 e. The van der Waals surface area contributed by atoms with Crippen LogP contribution in [0.4, 0.5) is 0 Å². The van der Waals surface area contributed by atoms with Crippen LogP contribution in [-0.4, -0.2) is 21.6 Å². The van der Waals surface area contributed by atoms with E-state index >= 15 is 0 Å². The monoisotopic (exact) mass is 250 g/mol. The average Bonchev–Trinajstić information content (AvgIpc) is 2.69. The summed E-state index contributed by atoms with van der Waals surface area (Å²) in [6.45, 7) is 3.75. The minimum absolute atomic E-state index is 0.471. The molecule has 0 atom stereocenters. The molecule has 0 spiro atoms. The van der Waals surface area contributed by atoms with Gasteiger partial charge in [-0.2, -0.15) is 0 Å². The van der Waals surface area contributed by atoms with Crippen LogP contribution in [0.3, 0.4) is 0 Å². The minimum Gasteiger partial charge on any atom is -0.480 e. The van der Waals surface area contributed by atoms with Gasteiger partial charge >= 0.3 is 5.97 Å². The molecule has 90 valence electrons. The number of carboxylic acid groups (broad SMARTS) is 1. The molecule has 0 aliphatic carbocycles. The van der Waals surface area contributed by atoms with Crippen molar-refractivity contribution in [2.24, 2.45) is 0 Å². The number of hydrogen-bond acceptors (Lipinski definition) is 4. The van der Waals surface area contributed by atoms with Crippen LogP contribution in [0, 0.1) is 0 Å². The number of fused-ring (bicyclic) bond motifs is 1. The van der Waals surface area contributed by atoms with Gasteiger partial charge in [0.2, 0.25) is 0 Å². The van der Waals surface area contributed by atoms with Crippen LogP contribution in [0.5, 0.6) is 0 Å². The number of nitrogens with one attached hydrogen (secondary N) is 1. The fourth-order valence-electron chi connectivity index (χ4n) is 1.37. The van der Waals surface area contributed by atoms with Crippen LogP contribution in [0.15, 0.2) is 24.3 Å². The Kier molecular flexibility index (Phi) is 3.13. The van der Waals surface area contributed by atoms with Crippen molar-refractivity contribution in [3.63, 3.8) is 0 Å². The first-order chi connectivity index (χ1) is 7.99. The Labute approximate surface area is 103 Å².